The van der Waals surface area contributed by atoms with Crippen LogP contribution in [0, 0.1) is 0 Å². The molecule has 0 N–H and O–H groups in total. The van der Waals surface area contributed by atoms with E-state index in [1.807, 2.05) is 6.07 Å². The Hall–Kier alpha value is -0.880. The van der Waals surface area contributed by atoms with E-state index in [0.717, 1.165) is 3.79 Å². The van der Waals surface area contributed by atoms with Crippen LogP contribution in [-0.4, -0.2) is 48.3 Å². The SMILES string of the molecule is CN1CCN(CC(=O)c2ccc(Br)s2)C1=O. The van der Waals surface area contributed by atoms with Crippen LogP contribution in [0.5, 0.6) is 0 Å². The van der Waals surface area contributed by atoms with Crippen LogP contribution < -0.4 is 0 Å². The van der Waals surface area contributed by atoms with Crippen LogP contribution in [-0.2, 0) is 0 Å². The minimum absolute atomic E-state index is 0.000602. The van der Waals surface area contributed by atoms with Gasteiger partial charge in [0, 0.05) is 20.1 Å². The second-order valence-electron chi connectivity index (χ2n) is 3.65. The van der Waals surface area contributed by atoms with Gasteiger partial charge in [-0.2, -0.15) is 0 Å². The summed E-state index contributed by atoms with van der Waals surface area (Å²) >= 11 is 4.71. The first kappa shape index (κ1) is 11.6. The van der Waals surface area contributed by atoms with Gasteiger partial charge in [0.15, 0.2) is 5.78 Å². The zero-order valence-electron chi connectivity index (χ0n) is 8.77. The Balaban J connectivity index is 2.01. The fourth-order valence-electron chi connectivity index (χ4n) is 1.57. The molecule has 86 valence electrons. The van der Waals surface area contributed by atoms with Crippen molar-refractivity contribution in [3.63, 3.8) is 0 Å². The highest BCUT2D eigenvalue weighted by molar-refractivity contribution is 9.11. The average molecular weight is 303 g/mol. The third-order valence-electron chi connectivity index (χ3n) is 2.48. The van der Waals surface area contributed by atoms with E-state index in [9.17, 15) is 9.59 Å². The number of urea groups is 1. The molecule has 2 rings (SSSR count). The summed E-state index contributed by atoms with van der Waals surface area (Å²) in [6.07, 6.45) is 0. The van der Waals surface area contributed by atoms with Crippen LogP contribution in [0.3, 0.4) is 0 Å². The first-order valence-corrected chi connectivity index (χ1v) is 6.47. The van der Waals surface area contributed by atoms with Gasteiger partial charge in [-0.3, -0.25) is 4.79 Å². The Morgan fingerprint density at radius 1 is 1.50 bits per heavy atom. The first-order chi connectivity index (χ1) is 7.58. The van der Waals surface area contributed by atoms with Gasteiger partial charge >= 0.3 is 6.03 Å². The zero-order valence-corrected chi connectivity index (χ0v) is 11.2. The molecule has 6 heteroatoms. The number of likely N-dealkylation sites (N-methyl/N-ethyl adjacent to an activating group) is 1. The van der Waals surface area contributed by atoms with E-state index < -0.39 is 0 Å². The van der Waals surface area contributed by atoms with Crippen molar-refractivity contribution in [3.05, 3.63) is 20.8 Å². The van der Waals surface area contributed by atoms with Crippen LogP contribution in [0.15, 0.2) is 15.9 Å². The number of rotatable bonds is 3. The Morgan fingerprint density at radius 2 is 2.25 bits per heavy atom. The lowest BCUT2D eigenvalue weighted by molar-refractivity contribution is 0.0956. The Labute approximate surface area is 106 Å². The molecule has 0 spiro atoms. The van der Waals surface area contributed by atoms with E-state index in [1.165, 1.54) is 11.3 Å². The largest absolute Gasteiger partial charge is 0.326 e. The fraction of sp³-hybridized carbons (Fsp3) is 0.400. The summed E-state index contributed by atoms with van der Waals surface area (Å²) in [6, 6.07) is 3.56. The van der Waals surface area contributed by atoms with E-state index in [4.69, 9.17) is 0 Å². The van der Waals surface area contributed by atoms with E-state index in [-0.39, 0.29) is 18.4 Å². The van der Waals surface area contributed by atoms with Crippen molar-refractivity contribution in [1.82, 2.24) is 9.80 Å². The number of Topliss-reactive ketones (excluding diaryl/α,β-unsaturated/α-hetero) is 1. The number of amides is 2. The minimum Gasteiger partial charge on any atom is -0.326 e. The monoisotopic (exact) mass is 302 g/mol. The van der Waals surface area contributed by atoms with Crippen LogP contribution in [0.1, 0.15) is 9.67 Å². The second-order valence-corrected chi connectivity index (χ2v) is 6.12. The van der Waals surface area contributed by atoms with Gasteiger partial charge in [0.25, 0.3) is 0 Å². The summed E-state index contributed by atoms with van der Waals surface area (Å²) in [5, 5.41) is 0. The van der Waals surface area contributed by atoms with Crippen molar-refractivity contribution in [2.45, 2.75) is 0 Å². The molecule has 0 bridgehead atoms. The molecule has 16 heavy (non-hydrogen) atoms. The molecule has 1 aromatic rings. The molecule has 0 saturated carbocycles. The topological polar surface area (TPSA) is 40.6 Å². The van der Waals surface area contributed by atoms with Gasteiger partial charge in [-0.05, 0) is 28.1 Å². The van der Waals surface area contributed by atoms with E-state index >= 15 is 0 Å². The molecule has 1 aliphatic heterocycles. The molecule has 0 unspecified atom stereocenters. The summed E-state index contributed by atoms with van der Waals surface area (Å²) in [5.41, 5.74) is 0. The molecule has 1 saturated heterocycles. The summed E-state index contributed by atoms with van der Waals surface area (Å²) in [7, 11) is 1.74. The number of carbonyl (C=O) groups excluding carboxylic acids is 2. The molecule has 2 amide bonds. The van der Waals surface area contributed by atoms with Crippen LogP contribution in [0.4, 0.5) is 4.79 Å². The quantitative estimate of drug-likeness (QED) is 0.802. The normalized spacial score (nSPS) is 16.0. The van der Waals surface area contributed by atoms with Gasteiger partial charge in [-0.25, -0.2) is 4.79 Å². The van der Waals surface area contributed by atoms with Crippen molar-refractivity contribution >= 4 is 39.1 Å². The van der Waals surface area contributed by atoms with Crippen molar-refractivity contribution < 1.29 is 9.59 Å². The van der Waals surface area contributed by atoms with Crippen LogP contribution in [0.25, 0.3) is 0 Å². The second kappa shape index (κ2) is 4.55. The summed E-state index contributed by atoms with van der Waals surface area (Å²) in [5.74, 6) is -0.000602. The fourth-order valence-corrected chi connectivity index (χ4v) is 2.88. The van der Waals surface area contributed by atoms with Gasteiger partial charge in [0.2, 0.25) is 0 Å². The maximum atomic E-state index is 11.8. The van der Waals surface area contributed by atoms with Gasteiger partial charge in [0.05, 0.1) is 15.2 Å². The number of hydrogen-bond donors (Lipinski definition) is 0. The standard InChI is InChI=1S/C10H11BrN2O2S/c1-12-4-5-13(10(12)15)6-7(14)8-2-3-9(11)16-8/h2-3H,4-6H2,1H3. The molecule has 1 aliphatic rings. The predicted molar refractivity (Wildman–Crippen MR) is 65.9 cm³/mol. The number of nitrogens with zero attached hydrogens (tertiary/aromatic N) is 2. The molecule has 0 aliphatic carbocycles. The molecule has 0 radical (unpaired) electrons. The molecule has 0 aromatic carbocycles. The number of carbonyl (C=O) groups is 2. The van der Waals surface area contributed by atoms with E-state index in [2.05, 4.69) is 15.9 Å². The molecular weight excluding hydrogens is 292 g/mol. The highest BCUT2D eigenvalue weighted by Gasteiger charge is 2.27. The van der Waals surface area contributed by atoms with Crippen LogP contribution >= 0.6 is 27.3 Å². The highest BCUT2D eigenvalue weighted by Crippen LogP contribution is 2.22. The minimum atomic E-state index is -0.0658. The molecule has 2 heterocycles. The van der Waals surface area contributed by atoms with Gasteiger partial charge in [-0.15, -0.1) is 11.3 Å². The number of halogens is 1. The summed E-state index contributed by atoms with van der Waals surface area (Å²) in [6.45, 7) is 1.50. The maximum Gasteiger partial charge on any atom is 0.320 e. The van der Waals surface area contributed by atoms with Crippen molar-refractivity contribution in [2.75, 3.05) is 26.7 Å². The highest BCUT2D eigenvalue weighted by atomic mass is 79.9. The molecule has 0 atom stereocenters. The lowest BCUT2D eigenvalue weighted by atomic mass is 10.3. The molecule has 1 aromatic heterocycles. The smallest absolute Gasteiger partial charge is 0.320 e. The van der Waals surface area contributed by atoms with Gasteiger partial charge < -0.3 is 9.80 Å². The third kappa shape index (κ3) is 2.27. The number of ketones is 1. The first-order valence-electron chi connectivity index (χ1n) is 4.86. The Bertz CT molecular complexity index is 432. The average Bonchev–Trinajstić information content (AvgIpc) is 2.79. The Morgan fingerprint density at radius 3 is 2.75 bits per heavy atom. The molecule has 4 nitrogen and oxygen atoms in total. The van der Waals surface area contributed by atoms with Crippen molar-refractivity contribution in [1.29, 1.82) is 0 Å². The maximum absolute atomic E-state index is 11.8. The van der Waals surface area contributed by atoms with Gasteiger partial charge in [0.1, 0.15) is 0 Å². The molecule has 1 fully saturated rings. The lowest BCUT2D eigenvalue weighted by Crippen LogP contribution is -2.33. The molecular formula is C10H11BrN2O2S. The lowest BCUT2D eigenvalue weighted by Gasteiger charge is -2.14. The van der Waals surface area contributed by atoms with E-state index in [0.29, 0.717) is 18.0 Å². The van der Waals surface area contributed by atoms with Crippen molar-refractivity contribution in [3.8, 4) is 0 Å². The third-order valence-corrected chi connectivity index (χ3v) is 4.15. The van der Waals surface area contributed by atoms with Gasteiger partial charge in [-0.1, -0.05) is 0 Å². The Kier molecular flexibility index (Phi) is 3.30. The number of hydrogen-bond acceptors (Lipinski definition) is 3. The predicted octanol–water partition coefficient (Wildman–Crippen LogP) is 2.06. The van der Waals surface area contributed by atoms with E-state index in [1.54, 1.807) is 22.9 Å². The summed E-state index contributed by atoms with van der Waals surface area (Å²) < 4.78 is 0.931. The van der Waals surface area contributed by atoms with Crippen molar-refractivity contribution in [2.24, 2.45) is 0 Å². The summed E-state index contributed by atoms with van der Waals surface area (Å²) in [4.78, 5) is 27.3. The number of thiophene rings is 1. The van der Waals surface area contributed by atoms with Crippen LogP contribution in [0.2, 0.25) is 0 Å². The zero-order chi connectivity index (χ0) is 11.7.